The number of carbonyl (C=O) groups excluding carboxylic acids is 2. The van der Waals surface area contributed by atoms with Crippen LogP contribution >= 0.6 is 11.6 Å². The van der Waals surface area contributed by atoms with Crippen molar-refractivity contribution in [3.05, 3.63) is 40.1 Å². The molecule has 0 atom stereocenters. The zero-order chi connectivity index (χ0) is 20.4. The fourth-order valence-electron chi connectivity index (χ4n) is 2.88. The van der Waals surface area contributed by atoms with Crippen LogP contribution in [0.1, 0.15) is 25.8 Å². The van der Waals surface area contributed by atoms with Crippen molar-refractivity contribution in [2.45, 2.75) is 32.4 Å². The number of nitrogens with zero attached hydrogens (tertiary/aromatic N) is 1. The summed E-state index contributed by atoms with van der Waals surface area (Å²) < 4.78 is 5.11. The molecule has 0 spiro atoms. The Balaban J connectivity index is 2.30. The van der Waals surface area contributed by atoms with E-state index >= 15 is 0 Å². The monoisotopic (exact) mass is 396 g/mol. The number of benzene rings is 1. The van der Waals surface area contributed by atoms with E-state index in [1.165, 1.54) is 12.0 Å². The van der Waals surface area contributed by atoms with Crippen LogP contribution < -0.4 is 10.1 Å². The molecular formula is C18H21ClN2O6. The SMILES string of the molecule is COc1ccc(CN2C(=O)C(C(=O)NCC(=O)O)=C(O)CC2(C)C)cc1Cl. The Hall–Kier alpha value is -2.74. The molecule has 0 fully saturated rings. The molecule has 27 heavy (non-hydrogen) atoms. The van der Waals surface area contributed by atoms with E-state index in [1.807, 2.05) is 0 Å². The van der Waals surface area contributed by atoms with Gasteiger partial charge in [-0.25, -0.2) is 0 Å². The molecule has 1 aliphatic rings. The van der Waals surface area contributed by atoms with Crippen molar-refractivity contribution in [1.29, 1.82) is 0 Å². The van der Waals surface area contributed by atoms with Crippen molar-refractivity contribution in [2.24, 2.45) is 0 Å². The molecule has 0 saturated carbocycles. The highest BCUT2D eigenvalue weighted by Gasteiger charge is 2.42. The lowest BCUT2D eigenvalue weighted by atomic mass is 9.88. The average Bonchev–Trinajstić information content (AvgIpc) is 2.56. The van der Waals surface area contributed by atoms with Gasteiger partial charge in [0.25, 0.3) is 11.8 Å². The quantitative estimate of drug-likeness (QED) is 0.632. The molecule has 2 amide bonds. The third-order valence-corrected chi connectivity index (χ3v) is 4.56. The minimum Gasteiger partial charge on any atom is -0.511 e. The number of aliphatic hydroxyl groups excluding tert-OH is 1. The predicted octanol–water partition coefficient (Wildman–Crippen LogP) is 1.87. The van der Waals surface area contributed by atoms with Crippen LogP contribution in [0.15, 0.2) is 29.5 Å². The van der Waals surface area contributed by atoms with Gasteiger partial charge in [0.05, 0.1) is 12.1 Å². The molecule has 8 nitrogen and oxygen atoms in total. The molecule has 1 aromatic rings. The number of rotatable bonds is 6. The van der Waals surface area contributed by atoms with Gasteiger partial charge in [-0.15, -0.1) is 0 Å². The Labute approximate surface area is 161 Å². The van der Waals surface area contributed by atoms with Crippen molar-refractivity contribution in [3.63, 3.8) is 0 Å². The summed E-state index contributed by atoms with van der Waals surface area (Å²) in [4.78, 5) is 37.2. The molecule has 0 aliphatic carbocycles. The maximum absolute atomic E-state index is 12.9. The maximum atomic E-state index is 12.9. The standard InChI is InChI=1S/C18H21ClN2O6/c1-18(2)7-12(22)15(16(25)20-8-14(23)24)17(26)21(18)9-10-4-5-13(27-3)11(19)6-10/h4-6,22H,7-9H2,1-3H3,(H,20,25)(H,23,24). The number of methoxy groups -OCH3 is 1. The molecule has 9 heteroatoms. The zero-order valence-electron chi connectivity index (χ0n) is 15.2. The minimum atomic E-state index is -1.25. The topological polar surface area (TPSA) is 116 Å². The normalized spacial score (nSPS) is 16.3. The first-order chi connectivity index (χ1) is 12.6. The molecule has 0 bridgehead atoms. The highest BCUT2D eigenvalue weighted by atomic mass is 35.5. The van der Waals surface area contributed by atoms with Gasteiger partial charge in [-0.1, -0.05) is 17.7 Å². The van der Waals surface area contributed by atoms with Crippen LogP contribution in [0.4, 0.5) is 0 Å². The Kier molecular flexibility index (Phi) is 6.00. The van der Waals surface area contributed by atoms with Crippen LogP contribution in [0.25, 0.3) is 0 Å². The smallest absolute Gasteiger partial charge is 0.322 e. The number of ether oxygens (including phenoxy) is 1. The van der Waals surface area contributed by atoms with Gasteiger partial charge in [0.1, 0.15) is 23.6 Å². The van der Waals surface area contributed by atoms with Crippen molar-refractivity contribution in [1.82, 2.24) is 10.2 Å². The number of hydrogen-bond acceptors (Lipinski definition) is 5. The van der Waals surface area contributed by atoms with Gasteiger partial charge >= 0.3 is 5.97 Å². The Morgan fingerprint density at radius 2 is 2.04 bits per heavy atom. The van der Waals surface area contributed by atoms with Gasteiger partial charge < -0.3 is 25.2 Å². The third-order valence-electron chi connectivity index (χ3n) is 4.26. The highest BCUT2D eigenvalue weighted by Crippen LogP contribution is 2.34. The lowest BCUT2D eigenvalue weighted by molar-refractivity contribution is -0.140. The Morgan fingerprint density at radius 1 is 1.37 bits per heavy atom. The summed E-state index contributed by atoms with van der Waals surface area (Å²) in [6.07, 6.45) is 0.0540. The molecule has 146 valence electrons. The van der Waals surface area contributed by atoms with Crippen LogP contribution in [0, 0.1) is 0 Å². The predicted molar refractivity (Wildman–Crippen MR) is 97.6 cm³/mol. The Bertz CT molecular complexity index is 818. The fourth-order valence-corrected chi connectivity index (χ4v) is 3.16. The van der Waals surface area contributed by atoms with Gasteiger partial charge in [-0.05, 0) is 31.5 Å². The summed E-state index contributed by atoms with van der Waals surface area (Å²) in [5, 5.41) is 21.4. The van der Waals surface area contributed by atoms with Gasteiger partial charge in [0.2, 0.25) is 0 Å². The van der Waals surface area contributed by atoms with Crippen molar-refractivity contribution in [2.75, 3.05) is 13.7 Å². The average molecular weight is 397 g/mol. The zero-order valence-corrected chi connectivity index (χ0v) is 16.0. The minimum absolute atomic E-state index is 0.0540. The number of hydrogen-bond donors (Lipinski definition) is 3. The molecule has 1 heterocycles. The van der Waals surface area contributed by atoms with Crippen molar-refractivity contribution in [3.8, 4) is 5.75 Å². The highest BCUT2D eigenvalue weighted by molar-refractivity contribution is 6.32. The molecular weight excluding hydrogens is 376 g/mol. The first-order valence-corrected chi connectivity index (χ1v) is 8.51. The number of nitrogens with one attached hydrogen (secondary N) is 1. The van der Waals surface area contributed by atoms with Crippen molar-refractivity contribution < 1.29 is 29.3 Å². The van der Waals surface area contributed by atoms with Crippen LogP contribution in [0.2, 0.25) is 5.02 Å². The van der Waals surface area contributed by atoms with Gasteiger partial charge in [0.15, 0.2) is 0 Å². The first kappa shape index (κ1) is 20.6. The second-order valence-electron chi connectivity index (χ2n) is 6.75. The lowest BCUT2D eigenvalue weighted by Gasteiger charge is -2.42. The summed E-state index contributed by atoms with van der Waals surface area (Å²) in [6, 6.07) is 5.08. The number of halogens is 1. The van der Waals surface area contributed by atoms with Crippen LogP contribution in [-0.2, 0) is 20.9 Å². The fraction of sp³-hybridized carbons (Fsp3) is 0.389. The van der Waals surface area contributed by atoms with E-state index in [0.29, 0.717) is 16.3 Å². The number of carboxylic acid groups (broad SMARTS) is 1. The van der Waals surface area contributed by atoms with E-state index in [2.05, 4.69) is 5.32 Å². The van der Waals surface area contributed by atoms with Gasteiger partial charge in [-0.2, -0.15) is 0 Å². The number of aliphatic carboxylic acids is 1. The Morgan fingerprint density at radius 3 is 2.59 bits per heavy atom. The molecule has 0 unspecified atom stereocenters. The van der Waals surface area contributed by atoms with E-state index in [0.717, 1.165) is 0 Å². The van der Waals surface area contributed by atoms with E-state index in [9.17, 15) is 19.5 Å². The maximum Gasteiger partial charge on any atom is 0.322 e. The van der Waals surface area contributed by atoms with Crippen LogP contribution in [-0.4, -0.2) is 52.1 Å². The summed E-state index contributed by atoms with van der Waals surface area (Å²) in [6.45, 7) is 3.02. The van der Waals surface area contributed by atoms with Crippen molar-refractivity contribution >= 4 is 29.4 Å². The van der Waals surface area contributed by atoms with E-state index < -0.39 is 35.4 Å². The number of amides is 2. The summed E-state index contributed by atoms with van der Waals surface area (Å²) >= 11 is 6.13. The first-order valence-electron chi connectivity index (χ1n) is 8.13. The lowest BCUT2D eigenvalue weighted by Crippen LogP contribution is -2.53. The third kappa shape index (κ3) is 4.51. The summed E-state index contributed by atoms with van der Waals surface area (Å²) in [7, 11) is 1.49. The van der Waals surface area contributed by atoms with E-state index in [1.54, 1.807) is 32.0 Å². The van der Waals surface area contributed by atoms with E-state index in [4.69, 9.17) is 21.4 Å². The largest absolute Gasteiger partial charge is 0.511 e. The summed E-state index contributed by atoms with van der Waals surface area (Å²) in [5.74, 6) is -2.73. The molecule has 1 aromatic carbocycles. The molecule has 1 aliphatic heterocycles. The van der Waals surface area contributed by atoms with Gasteiger partial charge in [0, 0.05) is 18.5 Å². The second kappa shape index (κ2) is 7.87. The molecule has 3 N–H and O–H groups in total. The van der Waals surface area contributed by atoms with Crippen LogP contribution in [0.5, 0.6) is 5.75 Å². The number of carboxylic acids is 1. The number of carbonyl (C=O) groups is 3. The molecule has 0 aromatic heterocycles. The van der Waals surface area contributed by atoms with E-state index in [-0.39, 0.29) is 18.7 Å². The van der Waals surface area contributed by atoms with Gasteiger partial charge in [-0.3, -0.25) is 14.4 Å². The van der Waals surface area contributed by atoms with Crippen LogP contribution in [0.3, 0.4) is 0 Å². The molecule has 0 saturated heterocycles. The molecule has 2 rings (SSSR count). The second-order valence-corrected chi connectivity index (χ2v) is 7.15. The molecule has 0 radical (unpaired) electrons. The summed E-state index contributed by atoms with van der Waals surface area (Å²) in [5.41, 5.74) is -0.492. The number of aliphatic hydroxyl groups is 1.